The van der Waals surface area contributed by atoms with Gasteiger partial charge in [-0.25, -0.2) is 31.5 Å². The summed E-state index contributed by atoms with van der Waals surface area (Å²) < 4.78 is 78.4. The molecule has 0 radical (unpaired) electrons. The Labute approximate surface area is 195 Å². The minimum absolute atomic E-state index is 0.139. The van der Waals surface area contributed by atoms with Gasteiger partial charge in [0.15, 0.2) is 23.3 Å². The Morgan fingerprint density at radius 1 is 0.735 bits per heavy atom. The predicted molar refractivity (Wildman–Crippen MR) is 115 cm³/mol. The number of carbonyl (C=O) groups excluding carboxylic acids is 2. The SMILES string of the molecule is CCCCCCCCCOC(=O)c1ccccc1C(=O)OC(C)c1c(F)c(F)c(F)c(F)c1F. The molecule has 0 N–H and O–H groups in total. The minimum atomic E-state index is -2.31. The van der Waals surface area contributed by atoms with Crippen molar-refractivity contribution < 1.29 is 41.0 Å². The van der Waals surface area contributed by atoms with Crippen LogP contribution in [0, 0.1) is 29.1 Å². The number of carbonyl (C=O) groups is 2. The van der Waals surface area contributed by atoms with Crippen LogP contribution in [0.1, 0.15) is 91.2 Å². The van der Waals surface area contributed by atoms with Crippen molar-refractivity contribution in [2.45, 2.75) is 64.9 Å². The van der Waals surface area contributed by atoms with E-state index >= 15 is 0 Å². The van der Waals surface area contributed by atoms with Crippen LogP contribution in [0.25, 0.3) is 0 Å². The fourth-order valence-corrected chi connectivity index (χ4v) is 3.40. The zero-order valence-electron chi connectivity index (χ0n) is 19.1. The summed E-state index contributed by atoms with van der Waals surface area (Å²) in [6, 6.07) is 5.45. The monoisotopic (exact) mass is 486 g/mol. The molecule has 9 heteroatoms. The Morgan fingerprint density at radius 3 is 1.76 bits per heavy atom. The molecular weight excluding hydrogens is 459 g/mol. The smallest absolute Gasteiger partial charge is 0.339 e. The second-order valence-corrected chi connectivity index (χ2v) is 7.83. The lowest BCUT2D eigenvalue weighted by Gasteiger charge is -2.17. The molecule has 0 amide bonds. The van der Waals surface area contributed by atoms with Crippen LogP contribution in [0.5, 0.6) is 0 Å². The zero-order chi connectivity index (χ0) is 25.3. The van der Waals surface area contributed by atoms with E-state index in [9.17, 15) is 31.5 Å². The summed E-state index contributed by atoms with van der Waals surface area (Å²) in [5.74, 6) is -12.8. The molecule has 0 aliphatic rings. The van der Waals surface area contributed by atoms with Crippen LogP contribution in [-0.4, -0.2) is 18.5 Å². The molecule has 1 atom stereocenters. The van der Waals surface area contributed by atoms with Crippen molar-refractivity contribution in [3.8, 4) is 0 Å². The topological polar surface area (TPSA) is 52.6 Å². The molecule has 34 heavy (non-hydrogen) atoms. The van der Waals surface area contributed by atoms with E-state index in [0.717, 1.165) is 39.0 Å². The highest BCUT2D eigenvalue weighted by Crippen LogP contribution is 2.30. The lowest BCUT2D eigenvalue weighted by Crippen LogP contribution is -2.18. The molecule has 1 unspecified atom stereocenters. The highest BCUT2D eigenvalue weighted by molar-refractivity contribution is 6.03. The first-order chi connectivity index (χ1) is 16.2. The maximum atomic E-state index is 14.0. The molecule has 0 heterocycles. The quantitative estimate of drug-likeness (QED) is 0.105. The summed E-state index contributed by atoms with van der Waals surface area (Å²) in [6.07, 6.45) is 5.35. The number of benzene rings is 2. The second-order valence-electron chi connectivity index (χ2n) is 7.83. The maximum absolute atomic E-state index is 14.0. The number of unbranched alkanes of at least 4 members (excludes halogenated alkanes) is 6. The number of hydrogen-bond donors (Lipinski definition) is 0. The average Bonchev–Trinajstić information content (AvgIpc) is 2.83. The maximum Gasteiger partial charge on any atom is 0.339 e. The predicted octanol–water partition coefficient (Wildman–Crippen LogP) is 7.21. The first-order valence-electron chi connectivity index (χ1n) is 11.2. The van der Waals surface area contributed by atoms with Gasteiger partial charge in [0.1, 0.15) is 6.10 Å². The second kappa shape index (κ2) is 13.1. The first kappa shape index (κ1) is 27.3. The summed E-state index contributed by atoms with van der Waals surface area (Å²) in [6.45, 7) is 3.24. The van der Waals surface area contributed by atoms with Gasteiger partial charge in [0.2, 0.25) is 5.82 Å². The van der Waals surface area contributed by atoms with Crippen LogP contribution in [0.4, 0.5) is 22.0 Å². The standard InChI is InChI=1S/C25H27F5O4/c1-3-4-5-6-7-8-11-14-33-24(31)16-12-9-10-13-17(16)25(32)34-15(2)18-19(26)21(28)23(30)22(29)20(18)27/h9-10,12-13,15H,3-8,11,14H2,1-2H3. The fourth-order valence-electron chi connectivity index (χ4n) is 3.40. The minimum Gasteiger partial charge on any atom is -0.462 e. The highest BCUT2D eigenvalue weighted by Gasteiger charge is 2.31. The summed E-state index contributed by atoms with van der Waals surface area (Å²) in [5, 5.41) is 0. The van der Waals surface area contributed by atoms with Gasteiger partial charge in [-0.15, -0.1) is 0 Å². The van der Waals surface area contributed by atoms with Gasteiger partial charge < -0.3 is 9.47 Å². The van der Waals surface area contributed by atoms with Gasteiger partial charge >= 0.3 is 11.9 Å². The molecule has 0 aliphatic carbocycles. The Kier molecular flexibility index (Phi) is 10.5. The normalized spacial score (nSPS) is 11.9. The van der Waals surface area contributed by atoms with Gasteiger partial charge in [-0.1, -0.05) is 57.6 Å². The Balaban J connectivity index is 2.04. The van der Waals surface area contributed by atoms with Crippen LogP contribution >= 0.6 is 0 Å². The third-order valence-electron chi connectivity index (χ3n) is 5.28. The zero-order valence-corrected chi connectivity index (χ0v) is 19.1. The first-order valence-corrected chi connectivity index (χ1v) is 11.2. The largest absolute Gasteiger partial charge is 0.462 e. The molecule has 0 bridgehead atoms. The molecule has 0 aliphatic heterocycles. The van der Waals surface area contributed by atoms with E-state index in [-0.39, 0.29) is 17.7 Å². The fraction of sp³-hybridized carbons (Fsp3) is 0.440. The summed E-state index contributed by atoms with van der Waals surface area (Å²) >= 11 is 0. The number of hydrogen-bond acceptors (Lipinski definition) is 4. The third-order valence-corrected chi connectivity index (χ3v) is 5.28. The van der Waals surface area contributed by atoms with Gasteiger partial charge in [0.25, 0.3) is 0 Å². The third kappa shape index (κ3) is 6.77. The average molecular weight is 486 g/mol. The number of rotatable bonds is 12. The van der Waals surface area contributed by atoms with Crippen LogP contribution < -0.4 is 0 Å². The number of ether oxygens (including phenoxy) is 2. The summed E-state index contributed by atoms with van der Waals surface area (Å²) in [4.78, 5) is 25.0. The van der Waals surface area contributed by atoms with Gasteiger partial charge in [0, 0.05) is 0 Å². The molecule has 4 nitrogen and oxygen atoms in total. The molecule has 2 rings (SSSR count). The lowest BCUT2D eigenvalue weighted by molar-refractivity contribution is 0.0307. The van der Waals surface area contributed by atoms with Gasteiger partial charge in [0.05, 0.1) is 23.3 Å². The van der Waals surface area contributed by atoms with Crippen molar-refractivity contribution in [2.24, 2.45) is 0 Å². The van der Waals surface area contributed by atoms with Crippen LogP contribution in [-0.2, 0) is 9.47 Å². The van der Waals surface area contributed by atoms with Gasteiger partial charge in [-0.2, -0.15) is 0 Å². The van der Waals surface area contributed by atoms with Gasteiger partial charge in [-0.05, 0) is 25.5 Å². The van der Waals surface area contributed by atoms with Crippen LogP contribution in [0.2, 0.25) is 0 Å². The van der Waals surface area contributed by atoms with E-state index in [2.05, 4.69) is 6.92 Å². The Morgan fingerprint density at radius 2 is 1.21 bits per heavy atom. The van der Waals surface area contributed by atoms with E-state index in [0.29, 0.717) is 6.42 Å². The molecule has 0 aromatic heterocycles. The van der Waals surface area contributed by atoms with Crippen molar-refractivity contribution in [1.29, 1.82) is 0 Å². The van der Waals surface area contributed by atoms with Crippen molar-refractivity contribution in [3.63, 3.8) is 0 Å². The molecular formula is C25H27F5O4. The van der Waals surface area contributed by atoms with E-state index in [1.54, 1.807) is 0 Å². The van der Waals surface area contributed by atoms with Crippen LogP contribution in [0.15, 0.2) is 24.3 Å². The molecule has 0 saturated carbocycles. The van der Waals surface area contributed by atoms with Crippen molar-refractivity contribution in [3.05, 3.63) is 70.0 Å². The Bertz CT molecular complexity index is 980. The molecule has 2 aromatic carbocycles. The molecule has 0 saturated heterocycles. The molecule has 0 fully saturated rings. The van der Waals surface area contributed by atoms with Crippen LogP contribution in [0.3, 0.4) is 0 Å². The lowest BCUT2D eigenvalue weighted by atomic mass is 10.1. The van der Waals surface area contributed by atoms with E-state index in [1.807, 2.05) is 0 Å². The van der Waals surface area contributed by atoms with E-state index < -0.39 is 52.7 Å². The van der Waals surface area contributed by atoms with Crippen molar-refractivity contribution >= 4 is 11.9 Å². The molecule has 186 valence electrons. The summed E-state index contributed by atoms with van der Waals surface area (Å²) in [7, 11) is 0. The number of halogens is 5. The van der Waals surface area contributed by atoms with Crippen molar-refractivity contribution in [2.75, 3.05) is 6.61 Å². The molecule has 2 aromatic rings. The highest BCUT2D eigenvalue weighted by atomic mass is 19.2. The number of esters is 2. The van der Waals surface area contributed by atoms with E-state index in [1.165, 1.54) is 30.7 Å². The van der Waals surface area contributed by atoms with Gasteiger partial charge in [-0.3, -0.25) is 0 Å². The Hall–Kier alpha value is -2.97. The summed E-state index contributed by atoms with van der Waals surface area (Å²) in [5.41, 5.74) is -1.69. The van der Waals surface area contributed by atoms with Crippen molar-refractivity contribution in [1.82, 2.24) is 0 Å². The van der Waals surface area contributed by atoms with E-state index in [4.69, 9.17) is 9.47 Å². The molecule has 0 spiro atoms.